The van der Waals surface area contributed by atoms with Crippen molar-refractivity contribution >= 4 is 21.6 Å². The Morgan fingerprint density at radius 2 is 1.80 bits per heavy atom. The smallest absolute Gasteiger partial charge is 0.246 e. The maximum absolute atomic E-state index is 13.1. The van der Waals surface area contributed by atoms with Crippen molar-refractivity contribution < 1.29 is 17.9 Å². The number of hydrogen-bond acceptors (Lipinski definition) is 4. The number of rotatable bonds is 7. The van der Waals surface area contributed by atoms with Crippen LogP contribution in [0.5, 0.6) is 5.75 Å². The third-order valence-corrected chi connectivity index (χ3v) is 7.51. The molecule has 3 rings (SSSR count). The number of anilines is 1. The summed E-state index contributed by atoms with van der Waals surface area (Å²) >= 11 is 0. The minimum Gasteiger partial charge on any atom is -0.495 e. The van der Waals surface area contributed by atoms with Gasteiger partial charge in [0.1, 0.15) is 10.6 Å². The molecule has 0 spiro atoms. The van der Waals surface area contributed by atoms with Crippen LogP contribution >= 0.6 is 0 Å². The molecule has 2 aromatic carbocycles. The molecule has 6 nitrogen and oxygen atoms in total. The number of sulfonamides is 1. The molecule has 1 saturated heterocycles. The molecule has 0 atom stereocenters. The van der Waals surface area contributed by atoms with E-state index in [0.29, 0.717) is 31.2 Å². The van der Waals surface area contributed by atoms with Gasteiger partial charge >= 0.3 is 0 Å². The highest BCUT2D eigenvalue weighted by Crippen LogP contribution is 2.31. The Balaban J connectivity index is 1.53. The lowest BCUT2D eigenvalue weighted by Crippen LogP contribution is -2.38. The lowest BCUT2D eigenvalue weighted by Gasteiger charge is -2.31. The van der Waals surface area contributed by atoms with Gasteiger partial charge in [0, 0.05) is 25.2 Å². The molecule has 1 fully saturated rings. The average molecular weight is 431 g/mol. The summed E-state index contributed by atoms with van der Waals surface area (Å²) in [5, 5.41) is 2.94. The zero-order valence-electron chi connectivity index (χ0n) is 17.8. The molecule has 7 heteroatoms. The number of methoxy groups -OCH3 is 1. The summed E-state index contributed by atoms with van der Waals surface area (Å²) in [4.78, 5) is 12.5. The second kappa shape index (κ2) is 9.62. The van der Waals surface area contributed by atoms with Crippen molar-refractivity contribution in [1.29, 1.82) is 0 Å². The van der Waals surface area contributed by atoms with Crippen LogP contribution in [0, 0.1) is 19.8 Å². The third-order valence-electron chi connectivity index (χ3n) is 5.59. The largest absolute Gasteiger partial charge is 0.495 e. The molecule has 30 heavy (non-hydrogen) atoms. The molecule has 0 aromatic heterocycles. The van der Waals surface area contributed by atoms with Gasteiger partial charge in [-0.1, -0.05) is 18.2 Å². The van der Waals surface area contributed by atoms with Crippen LogP contribution in [0.3, 0.4) is 0 Å². The van der Waals surface area contributed by atoms with E-state index in [1.807, 2.05) is 44.2 Å². The molecule has 0 radical (unpaired) electrons. The number of hydrogen-bond donors (Lipinski definition) is 1. The maximum atomic E-state index is 13.1. The number of nitrogens with one attached hydrogen (secondary N) is 1. The number of piperidine rings is 1. The summed E-state index contributed by atoms with van der Waals surface area (Å²) in [5.74, 6) is 0.717. The second-order valence-electron chi connectivity index (χ2n) is 7.96. The molecule has 1 heterocycles. The molecule has 162 valence electrons. The Morgan fingerprint density at radius 3 is 2.47 bits per heavy atom. The van der Waals surface area contributed by atoms with E-state index in [0.717, 1.165) is 36.1 Å². The Morgan fingerprint density at radius 1 is 1.10 bits per heavy atom. The molecule has 1 amide bonds. The highest BCUT2D eigenvalue weighted by molar-refractivity contribution is 7.89. The fourth-order valence-corrected chi connectivity index (χ4v) is 5.55. The van der Waals surface area contributed by atoms with Crippen LogP contribution in [-0.2, 0) is 14.8 Å². The van der Waals surface area contributed by atoms with Gasteiger partial charge in [0.2, 0.25) is 15.9 Å². The van der Waals surface area contributed by atoms with E-state index in [1.165, 1.54) is 11.4 Å². The quantitative estimate of drug-likeness (QED) is 0.717. The first-order chi connectivity index (χ1) is 14.3. The number of carbonyl (C=O) groups excluding carboxylic acids is 1. The highest BCUT2D eigenvalue weighted by Gasteiger charge is 2.31. The zero-order valence-corrected chi connectivity index (χ0v) is 18.7. The van der Waals surface area contributed by atoms with E-state index in [-0.39, 0.29) is 10.8 Å². The zero-order chi connectivity index (χ0) is 21.7. The Bertz CT molecular complexity index is 996. The van der Waals surface area contributed by atoms with Gasteiger partial charge in [-0.3, -0.25) is 4.79 Å². The van der Waals surface area contributed by atoms with Crippen LogP contribution < -0.4 is 10.1 Å². The van der Waals surface area contributed by atoms with E-state index in [4.69, 9.17) is 4.74 Å². The van der Waals surface area contributed by atoms with Crippen molar-refractivity contribution in [2.45, 2.75) is 44.4 Å². The molecule has 0 saturated carbocycles. The van der Waals surface area contributed by atoms with Crippen molar-refractivity contribution in [2.75, 3.05) is 25.5 Å². The first kappa shape index (κ1) is 22.3. The fraction of sp³-hybridized carbons (Fsp3) is 0.435. The van der Waals surface area contributed by atoms with Gasteiger partial charge in [0.05, 0.1) is 7.11 Å². The van der Waals surface area contributed by atoms with Crippen molar-refractivity contribution in [1.82, 2.24) is 4.31 Å². The van der Waals surface area contributed by atoms with Crippen molar-refractivity contribution in [3.8, 4) is 5.75 Å². The number of amides is 1. The molecule has 0 unspecified atom stereocenters. The standard InChI is InChI=1S/C23H30N2O4S/c1-17-5-4-6-20(15-17)24-23(26)10-8-19-11-13-25(14-12-19)30(27,28)22-16-18(2)7-9-21(22)29-3/h4-7,9,15-16,19H,8,10-14H2,1-3H3,(H,24,26). The first-order valence-electron chi connectivity index (χ1n) is 10.3. The molecule has 0 bridgehead atoms. The monoisotopic (exact) mass is 430 g/mol. The van der Waals surface area contributed by atoms with E-state index in [2.05, 4.69) is 5.32 Å². The molecule has 1 N–H and O–H groups in total. The Labute approximate surface area is 179 Å². The topological polar surface area (TPSA) is 75.7 Å². The van der Waals surface area contributed by atoms with Crippen molar-refractivity contribution in [3.05, 3.63) is 53.6 Å². The summed E-state index contributed by atoms with van der Waals surface area (Å²) < 4.78 is 33.0. The molecular formula is C23H30N2O4S. The van der Waals surface area contributed by atoms with Crippen LogP contribution in [0.15, 0.2) is 47.4 Å². The van der Waals surface area contributed by atoms with Crippen LogP contribution in [0.1, 0.15) is 36.8 Å². The summed E-state index contributed by atoms with van der Waals surface area (Å²) in [6, 6.07) is 12.9. The van der Waals surface area contributed by atoms with Crippen LogP contribution in [0.25, 0.3) is 0 Å². The average Bonchev–Trinajstić information content (AvgIpc) is 2.72. The van der Waals surface area contributed by atoms with Crippen LogP contribution in [0.4, 0.5) is 5.69 Å². The molecular weight excluding hydrogens is 400 g/mol. The molecule has 1 aliphatic heterocycles. The minimum atomic E-state index is -3.60. The molecule has 1 aliphatic rings. The summed E-state index contributed by atoms with van der Waals surface area (Å²) in [6.45, 7) is 4.78. The SMILES string of the molecule is COc1ccc(C)cc1S(=O)(=O)N1CCC(CCC(=O)Nc2cccc(C)c2)CC1. The fourth-order valence-electron chi connectivity index (χ4n) is 3.84. The van der Waals surface area contributed by atoms with Gasteiger partial charge < -0.3 is 10.1 Å². The van der Waals surface area contributed by atoms with E-state index in [9.17, 15) is 13.2 Å². The molecule has 2 aromatic rings. The van der Waals surface area contributed by atoms with Gasteiger partial charge in [0.25, 0.3) is 0 Å². The van der Waals surface area contributed by atoms with Gasteiger partial charge in [-0.05, 0) is 74.4 Å². The van der Waals surface area contributed by atoms with Crippen LogP contribution in [0.2, 0.25) is 0 Å². The van der Waals surface area contributed by atoms with E-state index < -0.39 is 10.0 Å². The Hall–Kier alpha value is -2.38. The maximum Gasteiger partial charge on any atom is 0.246 e. The van der Waals surface area contributed by atoms with E-state index in [1.54, 1.807) is 12.1 Å². The number of benzene rings is 2. The third kappa shape index (κ3) is 5.40. The highest BCUT2D eigenvalue weighted by atomic mass is 32.2. The second-order valence-corrected chi connectivity index (χ2v) is 9.86. The lowest BCUT2D eigenvalue weighted by atomic mass is 9.93. The number of carbonyl (C=O) groups is 1. The van der Waals surface area contributed by atoms with Crippen molar-refractivity contribution in [3.63, 3.8) is 0 Å². The predicted molar refractivity (Wildman–Crippen MR) is 118 cm³/mol. The van der Waals surface area contributed by atoms with Gasteiger partial charge in [-0.2, -0.15) is 4.31 Å². The summed E-state index contributed by atoms with van der Waals surface area (Å²) in [5.41, 5.74) is 2.79. The van der Waals surface area contributed by atoms with E-state index >= 15 is 0 Å². The normalized spacial score (nSPS) is 15.7. The predicted octanol–water partition coefficient (Wildman–Crippen LogP) is 4.13. The first-order valence-corrected chi connectivity index (χ1v) is 11.7. The van der Waals surface area contributed by atoms with Gasteiger partial charge in [0.15, 0.2) is 0 Å². The van der Waals surface area contributed by atoms with Crippen LogP contribution in [-0.4, -0.2) is 38.8 Å². The summed E-state index contributed by atoms with van der Waals surface area (Å²) in [7, 11) is -2.11. The minimum absolute atomic E-state index is 0.000137. The Kier molecular flexibility index (Phi) is 7.15. The summed E-state index contributed by atoms with van der Waals surface area (Å²) in [6.07, 6.45) is 2.71. The van der Waals surface area contributed by atoms with Gasteiger partial charge in [-0.25, -0.2) is 8.42 Å². The molecule has 0 aliphatic carbocycles. The number of ether oxygens (including phenoxy) is 1. The number of nitrogens with zero attached hydrogens (tertiary/aromatic N) is 1. The van der Waals surface area contributed by atoms with Crippen molar-refractivity contribution in [2.24, 2.45) is 5.92 Å². The van der Waals surface area contributed by atoms with Gasteiger partial charge in [-0.15, -0.1) is 0 Å². The number of aryl methyl sites for hydroxylation is 2. The lowest BCUT2D eigenvalue weighted by molar-refractivity contribution is -0.116.